The Morgan fingerprint density at radius 3 is 2.45 bits per heavy atom. The van der Waals surface area contributed by atoms with E-state index in [1.54, 1.807) is 30.5 Å². The van der Waals surface area contributed by atoms with Gasteiger partial charge >= 0.3 is 0 Å². The Morgan fingerprint density at radius 2 is 1.76 bits per heavy atom. The Balaban J connectivity index is 1.54. The minimum Gasteiger partial charge on any atom is -0.494 e. The molecule has 0 aliphatic rings. The predicted octanol–water partition coefficient (Wildman–Crippen LogP) is 2.98. The quantitative estimate of drug-likeness (QED) is 0.482. The van der Waals surface area contributed by atoms with Crippen LogP contribution in [0.2, 0.25) is 0 Å². The van der Waals surface area contributed by atoms with E-state index in [0.717, 1.165) is 11.4 Å². The van der Waals surface area contributed by atoms with Crippen molar-refractivity contribution in [2.75, 3.05) is 25.0 Å². The number of aromatic nitrogens is 1. The standard InChI is InChI=1S/C21H22N4O4/c1-2-28-16-9-7-15(8-10-16)25-19-17(5-3-11-22-19)20(26)23-12-13-24-21(27)18-6-4-14-29-18/h3-11,14H,2,12-13H2,1H3,(H,22,25)(H,23,26)(H,24,27). The molecule has 0 saturated carbocycles. The van der Waals surface area contributed by atoms with Gasteiger partial charge in [-0.2, -0.15) is 0 Å². The summed E-state index contributed by atoms with van der Waals surface area (Å²) in [6, 6.07) is 14.0. The summed E-state index contributed by atoms with van der Waals surface area (Å²) in [6.45, 7) is 3.06. The second-order valence-electron chi connectivity index (χ2n) is 5.97. The van der Waals surface area contributed by atoms with Crippen molar-refractivity contribution in [3.05, 3.63) is 72.3 Å². The summed E-state index contributed by atoms with van der Waals surface area (Å²) in [5.41, 5.74) is 1.19. The number of amides is 2. The number of benzene rings is 1. The maximum atomic E-state index is 12.5. The number of nitrogens with one attached hydrogen (secondary N) is 3. The van der Waals surface area contributed by atoms with Gasteiger partial charge in [0.05, 0.1) is 18.4 Å². The topological polar surface area (TPSA) is 105 Å². The highest BCUT2D eigenvalue weighted by molar-refractivity contribution is 5.99. The average molecular weight is 394 g/mol. The molecule has 0 saturated heterocycles. The van der Waals surface area contributed by atoms with Crippen LogP contribution in [0, 0.1) is 0 Å². The molecular formula is C21H22N4O4. The molecule has 0 spiro atoms. The van der Waals surface area contributed by atoms with E-state index in [4.69, 9.17) is 9.15 Å². The summed E-state index contributed by atoms with van der Waals surface area (Å²) in [4.78, 5) is 28.6. The first-order chi connectivity index (χ1) is 14.2. The Morgan fingerprint density at radius 1 is 1.00 bits per heavy atom. The highest BCUT2D eigenvalue weighted by Crippen LogP contribution is 2.21. The second-order valence-corrected chi connectivity index (χ2v) is 5.97. The number of nitrogens with zero attached hydrogens (tertiary/aromatic N) is 1. The van der Waals surface area contributed by atoms with E-state index >= 15 is 0 Å². The zero-order chi connectivity index (χ0) is 20.5. The van der Waals surface area contributed by atoms with Gasteiger partial charge in [-0.05, 0) is 55.5 Å². The summed E-state index contributed by atoms with van der Waals surface area (Å²) < 4.78 is 10.4. The first-order valence-electron chi connectivity index (χ1n) is 9.22. The van der Waals surface area contributed by atoms with Gasteiger partial charge in [0.15, 0.2) is 5.76 Å². The molecule has 0 fully saturated rings. The second kappa shape index (κ2) is 9.93. The summed E-state index contributed by atoms with van der Waals surface area (Å²) in [5.74, 6) is 0.815. The summed E-state index contributed by atoms with van der Waals surface area (Å²) in [5, 5.41) is 8.58. The van der Waals surface area contributed by atoms with E-state index < -0.39 is 0 Å². The lowest BCUT2D eigenvalue weighted by atomic mass is 10.2. The van der Waals surface area contributed by atoms with Crippen LogP contribution < -0.4 is 20.7 Å². The Kier molecular flexibility index (Phi) is 6.83. The zero-order valence-electron chi connectivity index (χ0n) is 16.0. The van der Waals surface area contributed by atoms with Crippen LogP contribution >= 0.6 is 0 Å². The molecule has 29 heavy (non-hydrogen) atoms. The molecule has 150 valence electrons. The minimum atomic E-state index is -0.330. The average Bonchev–Trinajstić information content (AvgIpc) is 3.28. The van der Waals surface area contributed by atoms with Gasteiger partial charge in [-0.25, -0.2) is 4.98 Å². The van der Waals surface area contributed by atoms with Crippen molar-refractivity contribution < 1.29 is 18.7 Å². The fourth-order valence-corrected chi connectivity index (χ4v) is 2.57. The molecule has 0 aliphatic heterocycles. The SMILES string of the molecule is CCOc1ccc(Nc2ncccc2C(=O)NCCNC(=O)c2ccco2)cc1. The third-order valence-corrected chi connectivity index (χ3v) is 3.92. The number of carbonyl (C=O) groups is 2. The molecule has 1 aromatic carbocycles. The summed E-state index contributed by atoms with van der Waals surface area (Å²) >= 11 is 0. The number of ether oxygens (including phenoxy) is 1. The Labute approximate surface area is 168 Å². The van der Waals surface area contributed by atoms with Crippen molar-refractivity contribution in [3.63, 3.8) is 0 Å². The van der Waals surface area contributed by atoms with Crippen molar-refractivity contribution in [2.45, 2.75) is 6.92 Å². The highest BCUT2D eigenvalue weighted by atomic mass is 16.5. The monoisotopic (exact) mass is 394 g/mol. The van der Waals surface area contributed by atoms with Crippen molar-refractivity contribution in [1.29, 1.82) is 0 Å². The predicted molar refractivity (Wildman–Crippen MR) is 109 cm³/mol. The molecule has 0 aliphatic carbocycles. The van der Waals surface area contributed by atoms with Crippen LogP contribution in [0.15, 0.2) is 65.4 Å². The third kappa shape index (κ3) is 5.58. The van der Waals surface area contributed by atoms with Gasteiger partial charge in [0.25, 0.3) is 11.8 Å². The lowest BCUT2D eigenvalue weighted by molar-refractivity contribution is 0.0911. The molecule has 8 nitrogen and oxygen atoms in total. The number of carbonyl (C=O) groups excluding carboxylic acids is 2. The number of hydrogen-bond donors (Lipinski definition) is 3. The molecule has 3 rings (SSSR count). The van der Waals surface area contributed by atoms with Gasteiger partial charge < -0.3 is 25.1 Å². The van der Waals surface area contributed by atoms with E-state index in [-0.39, 0.29) is 30.7 Å². The van der Waals surface area contributed by atoms with E-state index in [2.05, 4.69) is 20.9 Å². The first kappa shape index (κ1) is 19.9. The lowest BCUT2D eigenvalue weighted by Crippen LogP contribution is -2.34. The maximum Gasteiger partial charge on any atom is 0.287 e. The van der Waals surface area contributed by atoms with Crippen LogP contribution in [-0.4, -0.2) is 36.5 Å². The molecule has 0 unspecified atom stereocenters. The molecule has 2 heterocycles. The van der Waals surface area contributed by atoms with Gasteiger partial charge in [-0.15, -0.1) is 0 Å². The molecule has 3 aromatic rings. The largest absolute Gasteiger partial charge is 0.494 e. The van der Waals surface area contributed by atoms with Gasteiger partial charge in [0, 0.05) is 25.0 Å². The molecule has 3 N–H and O–H groups in total. The number of hydrogen-bond acceptors (Lipinski definition) is 6. The van der Waals surface area contributed by atoms with Crippen molar-refractivity contribution in [1.82, 2.24) is 15.6 Å². The van der Waals surface area contributed by atoms with Crippen LogP contribution in [0.5, 0.6) is 5.75 Å². The maximum absolute atomic E-state index is 12.5. The van der Waals surface area contributed by atoms with Gasteiger partial charge in [0.2, 0.25) is 0 Å². The molecular weight excluding hydrogens is 372 g/mol. The number of furan rings is 1. The summed E-state index contributed by atoms with van der Waals surface area (Å²) in [7, 11) is 0. The number of pyridine rings is 1. The fraction of sp³-hybridized carbons (Fsp3) is 0.190. The smallest absolute Gasteiger partial charge is 0.287 e. The number of anilines is 2. The van der Waals surface area contributed by atoms with Gasteiger partial charge in [-0.1, -0.05) is 0 Å². The molecule has 2 amide bonds. The molecule has 8 heteroatoms. The van der Waals surface area contributed by atoms with Crippen molar-refractivity contribution in [2.24, 2.45) is 0 Å². The Bertz CT molecular complexity index is 940. The zero-order valence-corrected chi connectivity index (χ0v) is 16.0. The fourth-order valence-electron chi connectivity index (χ4n) is 2.57. The van der Waals surface area contributed by atoms with Crippen LogP contribution in [0.1, 0.15) is 27.8 Å². The highest BCUT2D eigenvalue weighted by Gasteiger charge is 2.13. The van der Waals surface area contributed by atoms with E-state index in [9.17, 15) is 9.59 Å². The van der Waals surface area contributed by atoms with E-state index in [1.807, 2.05) is 31.2 Å². The van der Waals surface area contributed by atoms with Crippen molar-refractivity contribution >= 4 is 23.3 Å². The molecule has 0 bridgehead atoms. The van der Waals surface area contributed by atoms with Gasteiger partial charge in [-0.3, -0.25) is 9.59 Å². The first-order valence-corrected chi connectivity index (χ1v) is 9.22. The van der Waals surface area contributed by atoms with Crippen molar-refractivity contribution in [3.8, 4) is 5.75 Å². The van der Waals surface area contributed by atoms with E-state index in [0.29, 0.717) is 18.0 Å². The minimum absolute atomic E-state index is 0.227. The van der Waals surface area contributed by atoms with Crippen LogP contribution in [0.3, 0.4) is 0 Å². The molecule has 0 radical (unpaired) electrons. The van der Waals surface area contributed by atoms with Crippen LogP contribution in [0.25, 0.3) is 0 Å². The number of rotatable bonds is 9. The van der Waals surface area contributed by atoms with Crippen LogP contribution in [-0.2, 0) is 0 Å². The molecule has 0 atom stereocenters. The summed E-state index contributed by atoms with van der Waals surface area (Å²) in [6.07, 6.45) is 3.04. The molecule has 2 aromatic heterocycles. The normalized spacial score (nSPS) is 10.2. The van der Waals surface area contributed by atoms with E-state index in [1.165, 1.54) is 6.26 Å². The lowest BCUT2D eigenvalue weighted by Gasteiger charge is -2.12. The third-order valence-electron chi connectivity index (χ3n) is 3.92. The Hall–Kier alpha value is -3.81. The van der Waals surface area contributed by atoms with Crippen LogP contribution in [0.4, 0.5) is 11.5 Å². The van der Waals surface area contributed by atoms with Gasteiger partial charge in [0.1, 0.15) is 11.6 Å².